The molecule has 1 N–H and O–H groups in total. The molecule has 0 spiro atoms. The lowest BCUT2D eigenvalue weighted by Gasteiger charge is -2.22. The van der Waals surface area contributed by atoms with Gasteiger partial charge < -0.3 is 10.0 Å². The molecular formula is C11H13FN2O2. The molecule has 2 rings (SSSR count). The standard InChI is InChI=1S/C11H13FN2O2/c12-9-4-8(5-13-6-9)11(16)14-3-1-2-10(14)7-15/h4-6,10,15H,1-3,7H2/t10-/m1/s1. The van der Waals surface area contributed by atoms with E-state index in [0.29, 0.717) is 6.54 Å². The Morgan fingerprint density at radius 3 is 3.12 bits per heavy atom. The van der Waals surface area contributed by atoms with E-state index >= 15 is 0 Å². The van der Waals surface area contributed by atoms with Gasteiger partial charge in [-0.1, -0.05) is 0 Å². The fourth-order valence-electron chi connectivity index (χ4n) is 1.99. The molecule has 5 heteroatoms. The van der Waals surface area contributed by atoms with Gasteiger partial charge in [0.2, 0.25) is 0 Å². The van der Waals surface area contributed by atoms with Crippen molar-refractivity contribution < 1.29 is 14.3 Å². The molecule has 1 aliphatic rings. The molecule has 0 aromatic carbocycles. The number of carbonyl (C=O) groups is 1. The van der Waals surface area contributed by atoms with Gasteiger partial charge in [0.15, 0.2) is 0 Å². The van der Waals surface area contributed by atoms with Crippen molar-refractivity contribution in [3.05, 3.63) is 29.8 Å². The summed E-state index contributed by atoms with van der Waals surface area (Å²) in [6.45, 7) is 0.565. The van der Waals surface area contributed by atoms with Gasteiger partial charge in [0.1, 0.15) is 5.82 Å². The predicted octanol–water partition coefficient (Wildman–Crippen LogP) is 0.818. The van der Waals surface area contributed by atoms with E-state index in [1.165, 1.54) is 12.3 Å². The van der Waals surface area contributed by atoms with Crippen molar-refractivity contribution in [2.24, 2.45) is 0 Å². The number of aliphatic hydroxyl groups excluding tert-OH is 1. The number of carbonyl (C=O) groups excluding carboxylic acids is 1. The summed E-state index contributed by atoms with van der Waals surface area (Å²) in [6, 6.07) is 1.03. The maximum atomic E-state index is 12.9. The van der Waals surface area contributed by atoms with Crippen molar-refractivity contribution in [2.75, 3.05) is 13.2 Å². The summed E-state index contributed by atoms with van der Waals surface area (Å²) < 4.78 is 12.9. The zero-order valence-electron chi connectivity index (χ0n) is 8.77. The molecule has 1 aromatic rings. The van der Waals surface area contributed by atoms with Gasteiger partial charge in [-0.3, -0.25) is 9.78 Å². The first kappa shape index (κ1) is 11.0. The largest absolute Gasteiger partial charge is 0.394 e. The van der Waals surface area contributed by atoms with Crippen molar-refractivity contribution in [1.29, 1.82) is 0 Å². The van der Waals surface area contributed by atoms with Gasteiger partial charge >= 0.3 is 0 Å². The summed E-state index contributed by atoms with van der Waals surface area (Å²) in [5.41, 5.74) is 0.236. The van der Waals surface area contributed by atoms with E-state index in [2.05, 4.69) is 4.98 Å². The highest BCUT2D eigenvalue weighted by molar-refractivity contribution is 5.94. The average molecular weight is 224 g/mol. The minimum atomic E-state index is -0.523. The van der Waals surface area contributed by atoms with Gasteiger partial charge in [0.25, 0.3) is 5.91 Å². The first-order valence-electron chi connectivity index (χ1n) is 5.24. The lowest BCUT2D eigenvalue weighted by Crippen LogP contribution is -2.37. The Balaban J connectivity index is 2.18. The van der Waals surface area contributed by atoms with Crippen LogP contribution in [0.3, 0.4) is 0 Å². The second-order valence-electron chi connectivity index (χ2n) is 3.87. The number of hydrogen-bond donors (Lipinski definition) is 1. The molecule has 1 aliphatic heterocycles. The molecule has 4 nitrogen and oxygen atoms in total. The van der Waals surface area contributed by atoms with E-state index < -0.39 is 5.82 Å². The van der Waals surface area contributed by atoms with Crippen LogP contribution in [0.25, 0.3) is 0 Å². The molecule has 0 radical (unpaired) electrons. The molecule has 0 bridgehead atoms. The Morgan fingerprint density at radius 1 is 1.62 bits per heavy atom. The summed E-state index contributed by atoms with van der Waals surface area (Å²) in [7, 11) is 0. The molecule has 16 heavy (non-hydrogen) atoms. The fourth-order valence-corrected chi connectivity index (χ4v) is 1.99. The molecular weight excluding hydrogens is 211 g/mol. The van der Waals surface area contributed by atoms with E-state index in [9.17, 15) is 9.18 Å². The topological polar surface area (TPSA) is 53.4 Å². The van der Waals surface area contributed by atoms with Gasteiger partial charge in [-0.25, -0.2) is 4.39 Å². The van der Waals surface area contributed by atoms with Crippen LogP contribution in [0.5, 0.6) is 0 Å². The monoisotopic (exact) mass is 224 g/mol. The predicted molar refractivity (Wildman–Crippen MR) is 55.3 cm³/mol. The molecule has 1 amide bonds. The molecule has 0 unspecified atom stereocenters. The maximum Gasteiger partial charge on any atom is 0.255 e. The Hall–Kier alpha value is -1.49. The summed E-state index contributed by atoms with van der Waals surface area (Å²) in [5.74, 6) is -0.783. The Labute approximate surface area is 92.7 Å². The smallest absolute Gasteiger partial charge is 0.255 e. The van der Waals surface area contributed by atoms with Crippen LogP contribution in [-0.4, -0.2) is 40.1 Å². The van der Waals surface area contributed by atoms with Crippen LogP contribution in [0, 0.1) is 5.82 Å². The minimum absolute atomic E-state index is 0.0471. The van der Waals surface area contributed by atoms with Crippen LogP contribution in [-0.2, 0) is 0 Å². The molecule has 0 saturated carbocycles. The Bertz CT molecular complexity index is 397. The number of aliphatic hydroxyl groups is 1. The zero-order valence-corrected chi connectivity index (χ0v) is 8.77. The third-order valence-electron chi connectivity index (χ3n) is 2.80. The number of hydrogen-bond acceptors (Lipinski definition) is 3. The zero-order chi connectivity index (χ0) is 11.5. The van der Waals surface area contributed by atoms with Crippen LogP contribution >= 0.6 is 0 Å². The average Bonchev–Trinajstić information content (AvgIpc) is 2.76. The van der Waals surface area contributed by atoms with Crippen molar-refractivity contribution in [2.45, 2.75) is 18.9 Å². The summed E-state index contributed by atoms with van der Waals surface area (Å²) >= 11 is 0. The van der Waals surface area contributed by atoms with Crippen molar-refractivity contribution in [3.63, 3.8) is 0 Å². The summed E-state index contributed by atoms with van der Waals surface area (Å²) in [4.78, 5) is 17.2. The van der Waals surface area contributed by atoms with E-state index in [1.807, 2.05) is 0 Å². The number of halogens is 1. The highest BCUT2D eigenvalue weighted by Gasteiger charge is 2.28. The third kappa shape index (κ3) is 2.04. The van der Waals surface area contributed by atoms with Gasteiger partial charge in [0, 0.05) is 12.7 Å². The normalized spacial score (nSPS) is 20.1. The van der Waals surface area contributed by atoms with Crippen molar-refractivity contribution in [1.82, 2.24) is 9.88 Å². The lowest BCUT2D eigenvalue weighted by molar-refractivity contribution is 0.0676. The van der Waals surface area contributed by atoms with Crippen LogP contribution in [0.1, 0.15) is 23.2 Å². The van der Waals surface area contributed by atoms with E-state index in [0.717, 1.165) is 19.0 Å². The molecule has 86 valence electrons. The Morgan fingerprint density at radius 2 is 2.44 bits per heavy atom. The van der Waals surface area contributed by atoms with Gasteiger partial charge in [0.05, 0.1) is 24.4 Å². The Kier molecular flexibility index (Phi) is 3.14. The summed E-state index contributed by atoms with van der Waals surface area (Å²) in [5, 5.41) is 9.10. The number of amides is 1. The van der Waals surface area contributed by atoms with E-state index in [1.54, 1.807) is 4.90 Å². The van der Waals surface area contributed by atoms with Crippen molar-refractivity contribution >= 4 is 5.91 Å². The molecule has 1 atom stereocenters. The van der Waals surface area contributed by atoms with Crippen LogP contribution < -0.4 is 0 Å². The van der Waals surface area contributed by atoms with E-state index in [4.69, 9.17) is 5.11 Å². The SMILES string of the molecule is O=C(c1cncc(F)c1)N1CCC[C@@H]1CO. The van der Waals surface area contributed by atoms with E-state index in [-0.39, 0.29) is 24.1 Å². The van der Waals surface area contributed by atoms with Gasteiger partial charge in [-0.15, -0.1) is 0 Å². The number of pyridine rings is 1. The molecule has 0 aliphatic carbocycles. The third-order valence-corrected chi connectivity index (χ3v) is 2.80. The molecule has 1 aromatic heterocycles. The van der Waals surface area contributed by atoms with Gasteiger partial charge in [-0.05, 0) is 18.9 Å². The number of aromatic nitrogens is 1. The quantitative estimate of drug-likeness (QED) is 0.809. The fraction of sp³-hybridized carbons (Fsp3) is 0.455. The molecule has 1 saturated heterocycles. The lowest BCUT2D eigenvalue weighted by atomic mass is 10.2. The number of likely N-dealkylation sites (tertiary alicyclic amines) is 1. The number of rotatable bonds is 2. The second kappa shape index (κ2) is 4.57. The number of nitrogens with zero attached hydrogens (tertiary/aromatic N) is 2. The van der Waals surface area contributed by atoms with Crippen LogP contribution in [0.15, 0.2) is 18.5 Å². The summed E-state index contributed by atoms with van der Waals surface area (Å²) in [6.07, 6.45) is 4.08. The van der Waals surface area contributed by atoms with Gasteiger partial charge in [-0.2, -0.15) is 0 Å². The highest BCUT2D eigenvalue weighted by atomic mass is 19.1. The minimum Gasteiger partial charge on any atom is -0.394 e. The van der Waals surface area contributed by atoms with Crippen LogP contribution in [0.2, 0.25) is 0 Å². The van der Waals surface area contributed by atoms with Crippen LogP contribution in [0.4, 0.5) is 4.39 Å². The van der Waals surface area contributed by atoms with Crippen molar-refractivity contribution in [3.8, 4) is 0 Å². The first-order chi connectivity index (χ1) is 7.72. The molecule has 2 heterocycles. The molecule has 1 fully saturated rings. The highest BCUT2D eigenvalue weighted by Crippen LogP contribution is 2.19. The first-order valence-corrected chi connectivity index (χ1v) is 5.24. The second-order valence-corrected chi connectivity index (χ2v) is 3.87. The maximum absolute atomic E-state index is 12.9.